The minimum Gasteiger partial charge on any atom is -0.477 e. The lowest BCUT2D eigenvalue weighted by Gasteiger charge is -2.42. The van der Waals surface area contributed by atoms with E-state index in [2.05, 4.69) is 0 Å². The minimum atomic E-state index is -2.70. The van der Waals surface area contributed by atoms with Crippen LogP contribution in [0.15, 0.2) is 0 Å². The van der Waals surface area contributed by atoms with Crippen LogP contribution in [0.1, 0.15) is 13.3 Å². The summed E-state index contributed by atoms with van der Waals surface area (Å²) in [4.78, 5) is 10.8. The Kier molecular flexibility index (Phi) is 4.62. The van der Waals surface area contributed by atoms with Crippen molar-refractivity contribution in [2.45, 2.75) is 43.6 Å². The predicted octanol–water partition coefficient (Wildman–Crippen LogP) is -1.76. The van der Waals surface area contributed by atoms with Crippen LogP contribution in [0, 0.1) is 5.92 Å². The van der Waals surface area contributed by atoms with Crippen molar-refractivity contribution in [3.05, 3.63) is 0 Å². The molecule has 0 amide bonds. The van der Waals surface area contributed by atoms with Crippen molar-refractivity contribution < 1.29 is 39.5 Å². The van der Waals surface area contributed by atoms with E-state index in [0.29, 0.717) is 0 Å². The van der Waals surface area contributed by atoms with Crippen molar-refractivity contribution in [1.82, 2.24) is 0 Å². The Hall–Kier alpha value is -0.800. The highest BCUT2D eigenvalue weighted by atomic mass is 19.1. The second-order valence-electron chi connectivity index (χ2n) is 4.50. The van der Waals surface area contributed by atoms with E-state index in [-0.39, 0.29) is 0 Å². The molecule has 1 aliphatic rings. The fourth-order valence-electron chi connectivity index (χ4n) is 1.88. The Labute approximate surface area is 102 Å². The Balaban J connectivity index is 2.92. The molecule has 0 spiro atoms. The van der Waals surface area contributed by atoms with Crippen LogP contribution >= 0.6 is 0 Å². The van der Waals surface area contributed by atoms with Crippen LogP contribution in [0.3, 0.4) is 0 Å². The van der Waals surface area contributed by atoms with E-state index in [1.165, 1.54) is 6.92 Å². The molecule has 0 bridgehead atoms. The third-order valence-electron chi connectivity index (χ3n) is 3.14. The number of aliphatic hydroxyl groups excluding tert-OH is 3. The standard InChI is InChI=1S/C10H17FO7/c1-4-5(13)2-10(17,9(15)16)18-8(4)7(11)6(14)3-12/h4-8,12-14,17H,2-3H2,1H3,(H,15,16)/t4-,5-,6-,7-,8?,10?/m1/s1. The first-order chi connectivity index (χ1) is 8.23. The van der Waals surface area contributed by atoms with Crippen LogP contribution in [0.2, 0.25) is 0 Å². The van der Waals surface area contributed by atoms with E-state index in [4.69, 9.17) is 14.9 Å². The highest BCUT2D eigenvalue weighted by Crippen LogP contribution is 2.34. The zero-order chi connectivity index (χ0) is 14.1. The molecule has 1 rings (SSSR count). The van der Waals surface area contributed by atoms with Crippen LogP contribution in [0.5, 0.6) is 0 Å². The normalized spacial score (nSPS) is 40.2. The first-order valence-corrected chi connectivity index (χ1v) is 5.47. The van der Waals surface area contributed by atoms with Crippen LogP contribution in [0.25, 0.3) is 0 Å². The van der Waals surface area contributed by atoms with Gasteiger partial charge in [0.05, 0.1) is 12.7 Å². The largest absolute Gasteiger partial charge is 0.477 e. The van der Waals surface area contributed by atoms with Crippen LogP contribution < -0.4 is 0 Å². The summed E-state index contributed by atoms with van der Waals surface area (Å²) in [6.07, 6.45) is -7.32. The molecule has 0 aliphatic carbocycles. The summed E-state index contributed by atoms with van der Waals surface area (Å²) in [5.74, 6) is -5.28. The average Bonchev–Trinajstić information content (AvgIpc) is 2.31. The molecule has 18 heavy (non-hydrogen) atoms. The number of rotatable bonds is 4. The van der Waals surface area contributed by atoms with Gasteiger partial charge in [-0.05, 0) is 0 Å². The zero-order valence-corrected chi connectivity index (χ0v) is 9.73. The lowest BCUT2D eigenvalue weighted by atomic mass is 9.85. The van der Waals surface area contributed by atoms with Gasteiger partial charge in [-0.2, -0.15) is 0 Å². The number of ether oxygens (including phenoxy) is 1. The van der Waals surface area contributed by atoms with Gasteiger partial charge in [-0.25, -0.2) is 9.18 Å². The van der Waals surface area contributed by atoms with Gasteiger partial charge >= 0.3 is 5.97 Å². The molecule has 0 radical (unpaired) electrons. The Bertz CT molecular complexity index is 313. The van der Waals surface area contributed by atoms with Crippen LogP contribution in [-0.4, -0.2) is 68.4 Å². The third-order valence-corrected chi connectivity index (χ3v) is 3.14. The number of hydrogen-bond donors (Lipinski definition) is 5. The van der Waals surface area contributed by atoms with Gasteiger partial charge in [-0.3, -0.25) is 0 Å². The minimum absolute atomic E-state index is 0.595. The quantitative estimate of drug-likeness (QED) is 0.408. The molecule has 5 N–H and O–H groups in total. The maximum atomic E-state index is 13.8. The molecule has 106 valence electrons. The summed E-state index contributed by atoms with van der Waals surface area (Å²) < 4.78 is 18.5. The third kappa shape index (κ3) is 2.78. The molecule has 0 saturated carbocycles. The molecule has 0 aromatic carbocycles. The SMILES string of the molecule is C[C@H]1C([C@H](F)[C@H](O)CO)OC(O)(C(=O)O)C[C@H]1O. The van der Waals surface area contributed by atoms with Crippen molar-refractivity contribution in [2.75, 3.05) is 6.61 Å². The van der Waals surface area contributed by atoms with Gasteiger partial charge < -0.3 is 30.3 Å². The number of hydrogen-bond acceptors (Lipinski definition) is 6. The first-order valence-electron chi connectivity index (χ1n) is 5.47. The highest BCUT2D eigenvalue weighted by Gasteiger charge is 2.52. The second-order valence-corrected chi connectivity index (χ2v) is 4.50. The Morgan fingerprint density at radius 2 is 2.17 bits per heavy atom. The smallest absolute Gasteiger partial charge is 0.364 e. The monoisotopic (exact) mass is 268 g/mol. The summed E-state index contributed by atoms with van der Waals surface area (Å²) in [7, 11) is 0. The number of carboxylic acid groups (broad SMARTS) is 1. The first kappa shape index (κ1) is 15.3. The summed E-state index contributed by atoms with van der Waals surface area (Å²) in [6, 6.07) is 0. The molecular formula is C10H17FO7. The van der Waals surface area contributed by atoms with Crippen molar-refractivity contribution in [2.24, 2.45) is 5.92 Å². The van der Waals surface area contributed by atoms with Gasteiger partial charge in [0.2, 0.25) is 0 Å². The maximum Gasteiger partial charge on any atom is 0.364 e. The Morgan fingerprint density at radius 1 is 1.61 bits per heavy atom. The second kappa shape index (κ2) is 5.45. The lowest BCUT2D eigenvalue weighted by Crippen LogP contribution is -2.59. The van der Waals surface area contributed by atoms with Crippen molar-refractivity contribution in [1.29, 1.82) is 0 Å². The summed E-state index contributed by atoms with van der Waals surface area (Å²) in [5, 5.41) is 45.8. The fraction of sp³-hybridized carbons (Fsp3) is 0.900. The molecule has 1 fully saturated rings. The topological polar surface area (TPSA) is 127 Å². The van der Waals surface area contributed by atoms with E-state index < -0.39 is 55.2 Å². The number of alkyl halides is 1. The Morgan fingerprint density at radius 3 is 2.61 bits per heavy atom. The van der Waals surface area contributed by atoms with Gasteiger partial charge in [0.25, 0.3) is 5.79 Å². The van der Waals surface area contributed by atoms with E-state index >= 15 is 0 Å². The number of carboxylic acids is 1. The lowest BCUT2D eigenvalue weighted by molar-refractivity contribution is -0.296. The van der Waals surface area contributed by atoms with Gasteiger partial charge in [0.1, 0.15) is 12.2 Å². The van der Waals surface area contributed by atoms with Gasteiger partial charge in [0.15, 0.2) is 6.17 Å². The zero-order valence-electron chi connectivity index (χ0n) is 9.73. The number of aliphatic carboxylic acids is 1. The molecular weight excluding hydrogens is 251 g/mol. The molecule has 1 heterocycles. The molecule has 8 heteroatoms. The van der Waals surface area contributed by atoms with Crippen molar-refractivity contribution in [3.63, 3.8) is 0 Å². The number of halogens is 1. The predicted molar refractivity (Wildman–Crippen MR) is 55.2 cm³/mol. The molecule has 0 aromatic heterocycles. The summed E-state index contributed by atoms with van der Waals surface area (Å²) in [5.41, 5.74) is 0. The fourth-order valence-corrected chi connectivity index (χ4v) is 1.88. The van der Waals surface area contributed by atoms with E-state index in [1.54, 1.807) is 0 Å². The van der Waals surface area contributed by atoms with Crippen LogP contribution in [-0.2, 0) is 9.53 Å². The van der Waals surface area contributed by atoms with Crippen LogP contribution in [0.4, 0.5) is 4.39 Å². The van der Waals surface area contributed by atoms with Gasteiger partial charge in [-0.15, -0.1) is 0 Å². The van der Waals surface area contributed by atoms with E-state index in [1.807, 2.05) is 0 Å². The van der Waals surface area contributed by atoms with Gasteiger partial charge in [0, 0.05) is 12.3 Å². The number of aliphatic hydroxyl groups is 4. The molecule has 6 atom stereocenters. The molecule has 0 aromatic rings. The maximum absolute atomic E-state index is 13.8. The average molecular weight is 268 g/mol. The van der Waals surface area contributed by atoms with E-state index in [0.717, 1.165) is 0 Å². The molecule has 7 nitrogen and oxygen atoms in total. The summed E-state index contributed by atoms with van der Waals surface area (Å²) in [6.45, 7) is 0.517. The van der Waals surface area contributed by atoms with Gasteiger partial charge in [-0.1, -0.05) is 6.92 Å². The van der Waals surface area contributed by atoms with E-state index in [9.17, 15) is 24.5 Å². The van der Waals surface area contributed by atoms with Crippen molar-refractivity contribution >= 4 is 5.97 Å². The van der Waals surface area contributed by atoms with Crippen molar-refractivity contribution in [3.8, 4) is 0 Å². The molecule has 1 saturated heterocycles. The highest BCUT2D eigenvalue weighted by molar-refractivity contribution is 5.75. The number of carbonyl (C=O) groups is 1. The summed E-state index contributed by atoms with van der Waals surface area (Å²) >= 11 is 0. The molecule has 2 unspecified atom stereocenters. The molecule has 1 aliphatic heterocycles.